The van der Waals surface area contributed by atoms with Gasteiger partial charge in [0.25, 0.3) is 0 Å². The van der Waals surface area contributed by atoms with Crippen LogP contribution in [-0.2, 0) is 27.3 Å². The summed E-state index contributed by atoms with van der Waals surface area (Å²) in [7, 11) is 1.36. The monoisotopic (exact) mass is 523 g/mol. The SMILES string of the molecule is COC(=O)[C@@](CCc1ccccc1)(C[C@H]1CCC(C)(C)CC(C)(C)[C@H](O)C1)NC(=O)OCc1ccccc1. The molecule has 0 unspecified atom stereocenters. The van der Waals surface area contributed by atoms with E-state index in [0.29, 0.717) is 25.7 Å². The van der Waals surface area contributed by atoms with Crippen molar-refractivity contribution in [3.63, 3.8) is 0 Å². The Morgan fingerprint density at radius 3 is 2.21 bits per heavy atom. The Balaban J connectivity index is 1.87. The summed E-state index contributed by atoms with van der Waals surface area (Å²) in [5.74, 6) is -0.465. The maximum atomic E-state index is 13.5. The van der Waals surface area contributed by atoms with Crippen molar-refractivity contribution in [3.05, 3.63) is 71.8 Å². The third-order valence-electron chi connectivity index (χ3n) is 8.07. The molecule has 0 saturated heterocycles. The predicted octanol–water partition coefficient (Wildman–Crippen LogP) is 6.45. The zero-order chi connectivity index (χ0) is 27.8. The molecule has 0 bridgehead atoms. The number of aliphatic hydroxyl groups excluding tert-OH is 1. The van der Waals surface area contributed by atoms with Crippen LogP contribution in [0.4, 0.5) is 4.79 Å². The van der Waals surface area contributed by atoms with Gasteiger partial charge in [-0.05, 0) is 72.8 Å². The highest BCUT2D eigenvalue weighted by atomic mass is 16.6. The van der Waals surface area contributed by atoms with E-state index in [1.165, 1.54) is 7.11 Å². The molecule has 1 aliphatic carbocycles. The van der Waals surface area contributed by atoms with Crippen LogP contribution < -0.4 is 5.32 Å². The number of alkyl carbamates (subject to hydrolysis) is 1. The Labute approximate surface area is 228 Å². The van der Waals surface area contributed by atoms with E-state index in [1.54, 1.807) is 0 Å². The van der Waals surface area contributed by atoms with Crippen LogP contribution in [0.15, 0.2) is 60.7 Å². The van der Waals surface area contributed by atoms with E-state index < -0.39 is 23.7 Å². The lowest BCUT2D eigenvalue weighted by molar-refractivity contribution is -0.150. The van der Waals surface area contributed by atoms with E-state index in [-0.39, 0.29) is 23.4 Å². The molecular formula is C32H45NO5. The third-order valence-corrected chi connectivity index (χ3v) is 8.07. The second-order valence-corrected chi connectivity index (χ2v) is 12.4. The molecule has 2 N–H and O–H groups in total. The van der Waals surface area contributed by atoms with E-state index in [1.807, 2.05) is 60.7 Å². The van der Waals surface area contributed by atoms with Gasteiger partial charge >= 0.3 is 12.1 Å². The number of benzene rings is 2. The van der Waals surface area contributed by atoms with Crippen LogP contribution in [0, 0.1) is 16.7 Å². The van der Waals surface area contributed by atoms with Gasteiger partial charge in [-0.2, -0.15) is 0 Å². The Bertz CT molecular complexity index is 1040. The number of amides is 1. The lowest BCUT2D eigenvalue weighted by atomic mass is 9.64. The van der Waals surface area contributed by atoms with Crippen molar-refractivity contribution in [1.29, 1.82) is 0 Å². The van der Waals surface area contributed by atoms with Crippen molar-refractivity contribution < 1.29 is 24.2 Å². The first kappa shape index (κ1) is 29.7. The van der Waals surface area contributed by atoms with Crippen LogP contribution in [0.3, 0.4) is 0 Å². The number of ether oxygens (including phenoxy) is 2. The Hall–Kier alpha value is -2.86. The van der Waals surface area contributed by atoms with Crippen LogP contribution in [0.1, 0.15) is 77.3 Å². The van der Waals surface area contributed by atoms with Gasteiger partial charge in [-0.15, -0.1) is 0 Å². The van der Waals surface area contributed by atoms with Gasteiger partial charge < -0.3 is 19.9 Å². The molecule has 0 aromatic heterocycles. The molecule has 6 heteroatoms. The van der Waals surface area contributed by atoms with Gasteiger partial charge in [-0.3, -0.25) is 0 Å². The molecular weight excluding hydrogens is 478 g/mol. The van der Waals surface area contributed by atoms with Crippen LogP contribution in [0.5, 0.6) is 0 Å². The zero-order valence-corrected chi connectivity index (χ0v) is 23.7. The molecule has 0 spiro atoms. The summed E-state index contributed by atoms with van der Waals surface area (Å²) in [6.45, 7) is 8.82. The number of rotatable bonds is 9. The highest BCUT2D eigenvalue weighted by Gasteiger charge is 2.46. The maximum absolute atomic E-state index is 13.5. The number of hydrogen-bond acceptors (Lipinski definition) is 5. The lowest BCUT2D eigenvalue weighted by Gasteiger charge is -2.44. The Morgan fingerprint density at radius 1 is 1.00 bits per heavy atom. The number of esters is 1. The first-order valence-electron chi connectivity index (χ1n) is 13.7. The van der Waals surface area contributed by atoms with Gasteiger partial charge in [0.2, 0.25) is 0 Å². The molecule has 6 nitrogen and oxygen atoms in total. The molecule has 2 aromatic rings. The molecule has 1 fully saturated rings. The first-order chi connectivity index (χ1) is 17.9. The maximum Gasteiger partial charge on any atom is 0.408 e. The number of hydrogen-bond donors (Lipinski definition) is 2. The summed E-state index contributed by atoms with van der Waals surface area (Å²) in [5, 5.41) is 14.2. The van der Waals surface area contributed by atoms with E-state index in [9.17, 15) is 14.7 Å². The minimum atomic E-state index is -1.28. The van der Waals surface area contributed by atoms with Crippen molar-refractivity contribution in [2.24, 2.45) is 16.7 Å². The first-order valence-corrected chi connectivity index (χ1v) is 13.7. The van der Waals surface area contributed by atoms with Gasteiger partial charge in [0, 0.05) is 0 Å². The molecule has 3 rings (SSSR count). The zero-order valence-electron chi connectivity index (χ0n) is 23.7. The largest absolute Gasteiger partial charge is 0.467 e. The molecule has 208 valence electrons. The quantitative estimate of drug-likeness (QED) is 0.369. The Morgan fingerprint density at radius 2 is 1.61 bits per heavy atom. The molecule has 0 radical (unpaired) electrons. The van der Waals surface area contributed by atoms with E-state index >= 15 is 0 Å². The Kier molecular flexibility index (Phi) is 10.00. The van der Waals surface area contributed by atoms with E-state index in [2.05, 4.69) is 33.0 Å². The van der Waals surface area contributed by atoms with Gasteiger partial charge in [-0.25, -0.2) is 9.59 Å². The second-order valence-electron chi connectivity index (χ2n) is 12.4. The fourth-order valence-electron chi connectivity index (χ4n) is 6.07. The van der Waals surface area contributed by atoms with Crippen molar-refractivity contribution in [1.82, 2.24) is 5.32 Å². The number of carbonyl (C=O) groups excluding carboxylic acids is 2. The molecule has 38 heavy (non-hydrogen) atoms. The minimum absolute atomic E-state index is 0.0214. The molecule has 0 aliphatic heterocycles. The topological polar surface area (TPSA) is 84.9 Å². The standard InChI is InChI=1S/C32H45NO5/c1-30(2)18-16-26(20-27(34)31(3,4)23-30)21-32(28(35)37-5,19-17-24-12-8-6-9-13-24)33-29(36)38-22-25-14-10-7-11-15-25/h6-15,26-27,34H,16-23H2,1-5H3,(H,33,36)/t26-,27+,32+/m0/s1. The molecule has 1 saturated carbocycles. The summed E-state index contributed by atoms with van der Waals surface area (Å²) >= 11 is 0. The normalized spacial score (nSPS) is 22.3. The molecule has 3 atom stereocenters. The van der Waals surface area contributed by atoms with Crippen molar-refractivity contribution in [3.8, 4) is 0 Å². The second kappa shape index (κ2) is 12.8. The lowest BCUT2D eigenvalue weighted by Crippen LogP contribution is -2.57. The number of aliphatic hydroxyl groups is 1. The molecule has 1 amide bonds. The summed E-state index contributed by atoms with van der Waals surface area (Å²) in [5.41, 5.74) is 0.463. The summed E-state index contributed by atoms with van der Waals surface area (Å²) in [6.07, 6.45) is 3.47. The van der Waals surface area contributed by atoms with Crippen LogP contribution in [0.25, 0.3) is 0 Å². The average Bonchev–Trinajstić information content (AvgIpc) is 2.89. The average molecular weight is 524 g/mol. The van der Waals surface area contributed by atoms with Crippen molar-refractivity contribution in [2.75, 3.05) is 7.11 Å². The van der Waals surface area contributed by atoms with E-state index in [0.717, 1.165) is 30.4 Å². The fraction of sp³-hybridized carbons (Fsp3) is 0.562. The smallest absolute Gasteiger partial charge is 0.408 e. The van der Waals surface area contributed by atoms with Gasteiger partial charge in [0.1, 0.15) is 12.1 Å². The van der Waals surface area contributed by atoms with Crippen molar-refractivity contribution in [2.45, 2.75) is 90.9 Å². The number of nitrogens with one attached hydrogen (secondary N) is 1. The van der Waals surface area contributed by atoms with Gasteiger partial charge in [-0.1, -0.05) is 88.4 Å². The highest BCUT2D eigenvalue weighted by Crippen LogP contribution is 2.46. The summed E-state index contributed by atoms with van der Waals surface area (Å²) < 4.78 is 10.8. The van der Waals surface area contributed by atoms with Crippen molar-refractivity contribution >= 4 is 12.1 Å². The molecule has 0 heterocycles. The molecule has 2 aromatic carbocycles. The molecule has 1 aliphatic rings. The number of aryl methyl sites for hydroxylation is 1. The van der Waals surface area contributed by atoms with Crippen LogP contribution in [-0.4, -0.2) is 35.9 Å². The van der Waals surface area contributed by atoms with E-state index in [4.69, 9.17) is 9.47 Å². The summed E-state index contributed by atoms with van der Waals surface area (Å²) in [4.78, 5) is 26.6. The minimum Gasteiger partial charge on any atom is -0.467 e. The van der Waals surface area contributed by atoms with Crippen LogP contribution >= 0.6 is 0 Å². The summed E-state index contributed by atoms with van der Waals surface area (Å²) in [6, 6.07) is 19.4. The fourth-order valence-corrected chi connectivity index (χ4v) is 6.07. The number of carbonyl (C=O) groups is 2. The third kappa shape index (κ3) is 8.32. The van der Waals surface area contributed by atoms with Gasteiger partial charge in [0.15, 0.2) is 0 Å². The van der Waals surface area contributed by atoms with Gasteiger partial charge in [0.05, 0.1) is 13.2 Å². The van der Waals surface area contributed by atoms with Crippen LogP contribution in [0.2, 0.25) is 0 Å². The predicted molar refractivity (Wildman–Crippen MR) is 149 cm³/mol. The highest BCUT2D eigenvalue weighted by molar-refractivity contribution is 5.85. The number of methoxy groups -OCH3 is 1.